The molecule has 2 aromatic rings. The van der Waals surface area contributed by atoms with Gasteiger partial charge in [0.05, 0.1) is 12.0 Å². The normalized spacial score (nSPS) is 11.7. The maximum atomic E-state index is 9.23. The number of hydrogen-bond donors (Lipinski definition) is 2. The zero-order valence-electron chi connectivity index (χ0n) is 9.84. The van der Waals surface area contributed by atoms with E-state index in [9.17, 15) is 5.11 Å². The number of rotatable bonds is 3. The molecule has 0 aliphatic carbocycles. The summed E-state index contributed by atoms with van der Waals surface area (Å²) in [5.74, 6) is 0.845. The SMILES string of the molecule is CC(C)(CO)c1nc(-c2ccccc2N)no1. The molecule has 1 heterocycles. The van der Waals surface area contributed by atoms with Gasteiger partial charge in [0.1, 0.15) is 0 Å². The summed E-state index contributed by atoms with van der Waals surface area (Å²) in [6.45, 7) is 3.61. The summed E-state index contributed by atoms with van der Waals surface area (Å²) in [4.78, 5) is 4.27. The van der Waals surface area contributed by atoms with Crippen molar-refractivity contribution >= 4 is 5.69 Å². The Labute approximate surface area is 99.3 Å². The number of nitrogens with two attached hydrogens (primary N) is 1. The lowest BCUT2D eigenvalue weighted by Gasteiger charge is -2.14. The van der Waals surface area contributed by atoms with Crippen LogP contribution in [-0.2, 0) is 5.41 Å². The first-order valence-electron chi connectivity index (χ1n) is 5.34. The van der Waals surface area contributed by atoms with Gasteiger partial charge >= 0.3 is 0 Å². The lowest BCUT2D eigenvalue weighted by Crippen LogP contribution is -2.22. The zero-order chi connectivity index (χ0) is 12.5. The maximum Gasteiger partial charge on any atom is 0.234 e. The second kappa shape index (κ2) is 4.18. The summed E-state index contributed by atoms with van der Waals surface area (Å²) in [7, 11) is 0. The van der Waals surface area contributed by atoms with Crippen LogP contribution in [0, 0.1) is 0 Å². The van der Waals surface area contributed by atoms with Crippen LogP contribution in [0.25, 0.3) is 11.4 Å². The van der Waals surface area contributed by atoms with Crippen LogP contribution in [0.15, 0.2) is 28.8 Å². The minimum atomic E-state index is -0.547. The molecule has 0 aliphatic heterocycles. The second-order valence-electron chi connectivity index (χ2n) is 4.55. The van der Waals surface area contributed by atoms with Crippen LogP contribution in [0.4, 0.5) is 5.69 Å². The first-order valence-corrected chi connectivity index (χ1v) is 5.34. The average Bonchev–Trinajstić information content (AvgIpc) is 2.79. The Morgan fingerprint density at radius 3 is 2.71 bits per heavy atom. The Morgan fingerprint density at radius 1 is 1.35 bits per heavy atom. The standard InChI is InChI=1S/C12H15N3O2/c1-12(2,7-16)11-14-10(15-17-11)8-5-3-4-6-9(8)13/h3-6,16H,7,13H2,1-2H3. The number of hydrogen-bond acceptors (Lipinski definition) is 5. The topological polar surface area (TPSA) is 85.2 Å². The molecule has 1 aromatic carbocycles. The summed E-state index contributed by atoms with van der Waals surface area (Å²) in [6, 6.07) is 7.31. The van der Waals surface area contributed by atoms with Crippen molar-refractivity contribution in [2.75, 3.05) is 12.3 Å². The summed E-state index contributed by atoms with van der Waals surface area (Å²) in [6.07, 6.45) is 0. The molecule has 0 atom stereocenters. The van der Waals surface area contributed by atoms with Gasteiger partial charge in [0, 0.05) is 11.3 Å². The van der Waals surface area contributed by atoms with Crippen molar-refractivity contribution in [1.82, 2.24) is 10.1 Å². The van der Waals surface area contributed by atoms with Gasteiger partial charge in [-0.2, -0.15) is 4.98 Å². The summed E-state index contributed by atoms with van der Waals surface area (Å²) in [5.41, 5.74) is 6.62. The molecule has 0 amide bonds. The number of benzene rings is 1. The molecule has 5 heteroatoms. The van der Waals surface area contributed by atoms with Crippen molar-refractivity contribution in [3.05, 3.63) is 30.2 Å². The predicted molar refractivity (Wildman–Crippen MR) is 64.3 cm³/mol. The fourth-order valence-electron chi connectivity index (χ4n) is 1.38. The third-order valence-electron chi connectivity index (χ3n) is 2.60. The third-order valence-corrected chi connectivity index (χ3v) is 2.60. The smallest absolute Gasteiger partial charge is 0.234 e. The maximum absolute atomic E-state index is 9.23. The van der Waals surface area contributed by atoms with Gasteiger partial charge in [-0.3, -0.25) is 0 Å². The monoisotopic (exact) mass is 233 g/mol. The Balaban J connectivity index is 2.40. The van der Waals surface area contributed by atoms with Crippen molar-refractivity contribution in [1.29, 1.82) is 0 Å². The van der Waals surface area contributed by atoms with Crippen LogP contribution in [0.5, 0.6) is 0 Å². The number of para-hydroxylation sites is 1. The van der Waals surface area contributed by atoms with Crippen LogP contribution < -0.4 is 5.73 Å². The number of aliphatic hydroxyl groups is 1. The molecule has 0 radical (unpaired) electrons. The Kier molecular flexibility index (Phi) is 2.85. The minimum absolute atomic E-state index is 0.0566. The van der Waals surface area contributed by atoms with Crippen molar-refractivity contribution < 1.29 is 9.63 Å². The fraction of sp³-hybridized carbons (Fsp3) is 0.333. The Bertz CT molecular complexity index is 520. The van der Waals surface area contributed by atoms with Crippen molar-refractivity contribution in [2.45, 2.75) is 19.3 Å². The van der Waals surface area contributed by atoms with E-state index in [1.54, 1.807) is 6.07 Å². The summed E-state index contributed by atoms with van der Waals surface area (Å²) < 4.78 is 5.15. The van der Waals surface area contributed by atoms with Gasteiger partial charge in [0.25, 0.3) is 0 Å². The second-order valence-corrected chi connectivity index (χ2v) is 4.55. The average molecular weight is 233 g/mol. The Morgan fingerprint density at radius 2 is 2.06 bits per heavy atom. The predicted octanol–water partition coefficient (Wildman–Crippen LogP) is 1.59. The van der Waals surface area contributed by atoms with E-state index >= 15 is 0 Å². The lowest BCUT2D eigenvalue weighted by molar-refractivity contribution is 0.182. The Hall–Kier alpha value is -1.88. The van der Waals surface area contributed by atoms with Crippen LogP contribution in [0.1, 0.15) is 19.7 Å². The van der Waals surface area contributed by atoms with E-state index in [-0.39, 0.29) is 6.61 Å². The van der Waals surface area contributed by atoms with Crippen molar-refractivity contribution in [3.63, 3.8) is 0 Å². The number of nitrogen functional groups attached to an aromatic ring is 1. The van der Waals surface area contributed by atoms with E-state index in [0.717, 1.165) is 5.56 Å². The molecule has 5 nitrogen and oxygen atoms in total. The highest BCUT2D eigenvalue weighted by Gasteiger charge is 2.27. The number of aromatic nitrogens is 2. The van der Waals surface area contributed by atoms with Crippen molar-refractivity contribution in [2.24, 2.45) is 0 Å². The van der Waals surface area contributed by atoms with E-state index in [1.165, 1.54) is 0 Å². The van der Waals surface area contributed by atoms with Crippen LogP contribution >= 0.6 is 0 Å². The van der Waals surface area contributed by atoms with E-state index in [0.29, 0.717) is 17.4 Å². The molecule has 3 N–H and O–H groups in total. The molecule has 0 fully saturated rings. The molecule has 0 spiro atoms. The van der Waals surface area contributed by atoms with Crippen LogP contribution in [0.3, 0.4) is 0 Å². The van der Waals surface area contributed by atoms with E-state index < -0.39 is 5.41 Å². The highest BCUT2D eigenvalue weighted by molar-refractivity contribution is 5.70. The van der Waals surface area contributed by atoms with Gasteiger partial charge < -0.3 is 15.4 Å². The molecule has 0 aliphatic rings. The van der Waals surface area contributed by atoms with Gasteiger partial charge in [-0.15, -0.1) is 0 Å². The zero-order valence-corrected chi connectivity index (χ0v) is 9.84. The van der Waals surface area contributed by atoms with E-state index in [1.807, 2.05) is 32.0 Å². The molecule has 2 rings (SSSR count). The quantitative estimate of drug-likeness (QED) is 0.786. The summed E-state index contributed by atoms with van der Waals surface area (Å²) in [5, 5.41) is 13.1. The fourth-order valence-corrected chi connectivity index (χ4v) is 1.38. The van der Waals surface area contributed by atoms with E-state index in [4.69, 9.17) is 10.3 Å². The van der Waals surface area contributed by atoms with E-state index in [2.05, 4.69) is 10.1 Å². The molecule has 1 aromatic heterocycles. The minimum Gasteiger partial charge on any atom is -0.398 e. The number of anilines is 1. The largest absolute Gasteiger partial charge is 0.398 e. The van der Waals surface area contributed by atoms with Gasteiger partial charge in [-0.25, -0.2) is 0 Å². The molecule has 90 valence electrons. The lowest BCUT2D eigenvalue weighted by atomic mass is 9.95. The molecule has 0 unspecified atom stereocenters. The molecular weight excluding hydrogens is 218 g/mol. The number of aliphatic hydroxyl groups excluding tert-OH is 1. The van der Waals surface area contributed by atoms with Gasteiger partial charge in [0.2, 0.25) is 11.7 Å². The molecule has 0 saturated heterocycles. The highest BCUT2D eigenvalue weighted by Crippen LogP contribution is 2.26. The van der Waals surface area contributed by atoms with Crippen LogP contribution in [-0.4, -0.2) is 21.9 Å². The van der Waals surface area contributed by atoms with Crippen molar-refractivity contribution in [3.8, 4) is 11.4 Å². The van der Waals surface area contributed by atoms with Crippen LogP contribution in [0.2, 0.25) is 0 Å². The number of nitrogens with zero attached hydrogens (tertiary/aromatic N) is 2. The summed E-state index contributed by atoms with van der Waals surface area (Å²) >= 11 is 0. The van der Waals surface area contributed by atoms with Gasteiger partial charge in [0.15, 0.2) is 0 Å². The van der Waals surface area contributed by atoms with Gasteiger partial charge in [-0.1, -0.05) is 17.3 Å². The molecule has 0 saturated carbocycles. The molecular formula is C12H15N3O2. The van der Waals surface area contributed by atoms with Gasteiger partial charge in [-0.05, 0) is 26.0 Å². The first kappa shape index (κ1) is 11.6. The molecule has 0 bridgehead atoms. The first-order chi connectivity index (χ1) is 8.04. The highest BCUT2D eigenvalue weighted by atomic mass is 16.5. The molecule has 17 heavy (non-hydrogen) atoms. The third kappa shape index (κ3) is 2.14.